The molecular weight excluding hydrogens is 296 g/mol. The maximum Gasteiger partial charge on any atom is 0.257 e. The molecule has 0 saturated heterocycles. The van der Waals surface area contributed by atoms with Gasteiger partial charge >= 0.3 is 0 Å². The lowest BCUT2D eigenvalue weighted by atomic mass is 10.1. The Morgan fingerprint density at radius 3 is 2.62 bits per heavy atom. The first kappa shape index (κ1) is 17.6. The lowest BCUT2D eigenvalue weighted by molar-refractivity contribution is 0.121. The highest BCUT2D eigenvalue weighted by Gasteiger charge is 2.10. The first-order valence-electron chi connectivity index (χ1n) is 6.71. The van der Waals surface area contributed by atoms with Crippen LogP contribution >= 0.6 is 12.4 Å². The topological polar surface area (TPSA) is 29.9 Å². The minimum absolute atomic E-state index is 0. The molecule has 0 spiro atoms. The van der Waals surface area contributed by atoms with Crippen LogP contribution in [0.5, 0.6) is 0 Å². The van der Waals surface area contributed by atoms with Gasteiger partial charge < -0.3 is 5.32 Å². The van der Waals surface area contributed by atoms with E-state index in [0.29, 0.717) is 6.54 Å². The molecule has 2 aromatic rings. The fraction of sp³-hybridized carbons (Fsp3) is 0.400. The van der Waals surface area contributed by atoms with E-state index in [1.165, 1.54) is 10.2 Å². The van der Waals surface area contributed by atoms with Gasteiger partial charge in [-0.05, 0) is 25.5 Å². The van der Waals surface area contributed by atoms with Gasteiger partial charge in [-0.2, -0.15) is 5.10 Å². The van der Waals surface area contributed by atoms with Gasteiger partial charge in [-0.3, -0.25) is 4.68 Å². The lowest BCUT2D eigenvalue weighted by Gasteiger charge is -2.06. The Kier molecular flexibility index (Phi) is 7.32. The van der Waals surface area contributed by atoms with E-state index in [9.17, 15) is 8.78 Å². The van der Waals surface area contributed by atoms with Crippen molar-refractivity contribution in [2.75, 3.05) is 6.54 Å². The molecule has 1 N–H and O–H groups in total. The highest BCUT2D eigenvalue weighted by atomic mass is 35.5. The molecule has 0 aliphatic rings. The Bertz CT molecular complexity index is 529. The minimum Gasteiger partial charge on any atom is -0.312 e. The van der Waals surface area contributed by atoms with E-state index in [0.717, 1.165) is 24.2 Å². The second kappa shape index (κ2) is 8.74. The molecule has 1 aromatic heterocycles. The Morgan fingerprint density at radius 2 is 1.95 bits per heavy atom. The fourth-order valence-electron chi connectivity index (χ4n) is 2.07. The van der Waals surface area contributed by atoms with Gasteiger partial charge in [0.2, 0.25) is 0 Å². The molecule has 2 rings (SSSR count). The molecule has 6 heteroatoms. The Morgan fingerprint density at radius 1 is 1.24 bits per heavy atom. The summed E-state index contributed by atoms with van der Waals surface area (Å²) in [6.07, 6.45) is 0.241. The average Bonchev–Trinajstić information content (AvgIpc) is 2.77. The van der Waals surface area contributed by atoms with Crippen molar-refractivity contribution in [3.05, 3.63) is 53.3 Å². The summed E-state index contributed by atoms with van der Waals surface area (Å²) in [5.74, 6) is 0. The predicted octanol–water partition coefficient (Wildman–Crippen LogP) is 3.21. The molecule has 0 amide bonds. The van der Waals surface area contributed by atoms with Gasteiger partial charge in [0.1, 0.15) is 6.54 Å². The number of hydrogen-bond acceptors (Lipinski definition) is 2. The van der Waals surface area contributed by atoms with Crippen molar-refractivity contribution in [3.63, 3.8) is 0 Å². The van der Waals surface area contributed by atoms with Crippen molar-refractivity contribution in [3.8, 4) is 0 Å². The molecule has 1 aromatic carbocycles. The van der Waals surface area contributed by atoms with Crippen LogP contribution in [0.4, 0.5) is 8.78 Å². The molecule has 0 radical (unpaired) electrons. The summed E-state index contributed by atoms with van der Waals surface area (Å²) >= 11 is 0. The largest absolute Gasteiger partial charge is 0.312 e. The molecule has 1 heterocycles. The van der Waals surface area contributed by atoms with Crippen LogP contribution in [0.2, 0.25) is 0 Å². The molecule has 0 saturated carbocycles. The van der Waals surface area contributed by atoms with E-state index in [4.69, 9.17) is 0 Å². The Balaban J connectivity index is 0.00000220. The smallest absolute Gasteiger partial charge is 0.257 e. The van der Waals surface area contributed by atoms with Crippen LogP contribution in [0.25, 0.3) is 0 Å². The first-order valence-corrected chi connectivity index (χ1v) is 6.71. The minimum atomic E-state index is -2.37. The van der Waals surface area contributed by atoms with E-state index < -0.39 is 6.43 Å². The highest BCUT2D eigenvalue weighted by Crippen LogP contribution is 2.09. The quantitative estimate of drug-likeness (QED) is 0.795. The first-order chi connectivity index (χ1) is 9.66. The van der Waals surface area contributed by atoms with Crippen LogP contribution in [0.15, 0.2) is 36.5 Å². The van der Waals surface area contributed by atoms with Gasteiger partial charge in [0, 0.05) is 17.8 Å². The molecule has 116 valence electrons. The van der Waals surface area contributed by atoms with Crippen molar-refractivity contribution < 1.29 is 8.78 Å². The summed E-state index contributed by atoms with van der Waals surface area (Å²) in [5, 5.41) is 7.31. The summed E-state index contributed by atoms with van der Waals surface area (Å²) in [6, 6.07) is 10.2. The van der Waals surface area contributed by atoms with Crippen LogP contribution in [0.1, 0.15) is 16.8 Å². The van der Waals surface area contributed by atoms with Crippen LogP contribution in [-0.4, -0.2) is 22.8 Å². The van der Waals surface area contributed by atoms with Gasteiger partial charge in [0.15, 0.2) is 0 Å². The molecule has 3 nitrogen and oxygen atoms in total. The van der Waals surface area contributed by atoms with Crippen LogP contribution in [0, 0.1) is 6.92 Å². The summed E-state index contributed by atoms with van der Waals surface area (Å²) in [4.78, 5) is 0. The van der Waals surface area contributed by atoms with Crippen LogP contribution in [0.3, 0.4) is 0 Å². The van der Waals surface area contributed by atoms with Crippen molar-refractivity contribution in [2.45, 2.75) is 32.9 Å². The average molecular weight is 316 g/mol. The molecule has 0 atom stereocenters. The normalized spacial score (nSPS) is 10.7. The van der Waals surface area contributed by atoms with Crippen LogP contribution < -0.4 is 5.32 Å². The highest BCUT2D eigenvalue weighted by molar-refractivity contribution is 5.85. The van der Waals surface area contributed by atoms with E-state index in [-0.39, 0.29) is 19.0 Å². The van der Waals surface area contributed by atoms with Gasteiger partial charge in [-0.15, -0.1) is 12.4 Å². The molecule has 21 heavy (non-hydrogen) atoms. The summed E-state index contributed by atoms with van der Waals surface area (Å²) in [7, 11) is 0. The SMILES string of the molecule is Cc1c(CNCCc2ccccc2)cnn1CC(F)F.Cl. The maximum absolute atomic E-state index is 12.3. The molecule has 0 aliphatic carbocycles. The molecule has 0 fully saturated rings. The number of hydrogen-bond donors (Lipinski definition) is 1. The second-order valence-electron chi connectivity index (χ2n) is 4.74. The number of halogens is 3. The maximum atomic E-state index is 12.3. The predicted molar refractivity (Wildman–Crippen MR) is 82.1 cm³/mol. The molecular formula is C15H20ClF2N3. The van der Waals surface area contributed by atoms with Gasteiger partial charge in [-0.1, -0.05) is 30.3 Å². The van der Waals surface area contributed by atoms with Crippen molar-refractivity contribution in [1.29, 1.82) is 0 Å². The van der Waals surface area contributed by atoms with Gasteiger partial charge in [0.05, 0.1) is 6.20 Å². The zero-order valence-corrected chi connectivity index (χ0v) is 12.7. The third kappa shape index (κ3) is 5.44. The fourth-order valence-corrected chi connectivity index (χ4v) is 2.07. The van der Waals surface area contributed by atoms with E-state index in [1.54, 1.807) is 6.20 Å². The molecule has 0 bridgehead atoms. The number of rotatable bonds is 7. The van der Waals surface area contributed by atoms with Crippen molar-refractivity contribution >= 4 is 12.4 Å². The second-order valence-corrected chi connectivity index (χ2v) is 4.74. The number of alkyl halides is 2. The summed E-state index contributed by atoms with van der Waals surface area (Å²) < 4.78 is 26.0. The van der Waals surface area contributed by atoms with E-state index >= 15 is 0 Å². The van der Waals surface area contributed by atoms with Crippen molar-refractivity contribution in [1.82, 2.24) is 15.1 Å². The number of nitrogens with one attached hydrogen (secondary N) is 1. The van der Waals surface area contributed by atoms with Gasteiger partial charge in [0.25, 0.3) is 6.43 Å². The Hall–Kier alpha value is -1.46. The molecule has 0 unspecified atom stereocenters. The molecule has 0 aliphatic heterocycles. The third-order valence-electron chi connectivity index (χ3n) is 3.26. The zero-order chi connectivity index (χ0) is 14.4. The lowest BCUT2D eigenvalue weighted by Crippen LogP contribution is -2.17. The third-order valence-corrected chi connectivity index (χ3v) is 3.26. The standard InChI is InChI=1S/C15H19F2N3.ClH/c1-12-14(10-19-20(12)11-15(16)17)9-18-8-7-13-5-3-2-4-6-13;/h2-6,10,15,18H,7-9,11H2,1H3;1H. The number of benzene rings is 1. The summed E-state index contributed by atoms with van der Waals surface area (Å²) in [6.45, 7) is 2.99. The number of aromatic nitrogens is 2. The van der Waals surface area contributed by atoms with Gasteiger partial charge in [-0.25, -0.2) is 8.78 Å². The van der Waals surface area contributed by atoms with Crippen molar-refractivity contribution in [2.24, 2.45) is 0 Å². The van der Waals surface area contributed by atoms with E-state index in [2.05, 4.69) is 22.5 Å². The Labute approximate surface area is 129 Å². The van der Waals surface area contributed by atoms with E-state index in [1.807, 2.05) is 25.1 Å². The number of nitrogens with zero attached hydrogens (tertiary/aromatic N) is 2. The van der Waals surface area contributed by atoms with Crippen LogP contribution in [-0.2, 0) is 19.5 Å². The zero-order valence-electron chi connectivity index (χ0n) is 11.9. The monoisotopic (exact) mass is 315 g/mol. The summed E-state index contributed by atoms with van der Waals surface area (Å²) in [5.41, 5.74) is 3.06.